The van der Waals surface area contributed by atoms with Crippen molar-refractivity contribution in [2.24, 2.45) is 0 Å². The normalized spacial score (nSPS) is 10.3. The molecule has 0 bridgehead atoms. The molecule has 0 aliphatic carbocycles. The van der Waals surface area contributed by atoms with Crippen molar-refractivity contribution in [3.8, 4) is 5.75 Å². The van der Waals surface area contributed by atoms with E-state index in [1.54, 1.807) is 37.3 Å². The molecule has 0 aliphatic heterocycles. The zero-order chi connectivity index (χ0) is 17.1. The van der Waals surface area contributed by atoms with E-state index < -0.39 is 5.91 Å². The third-order valence-electron chi connectivity index (χ3n) is 3.35. The molecule has 2 amide bonds. The Morgan fingerprint density at radius 3 is 2.30 bits per heavy atom. The molecule has 0 atom stereocenters. The monoisotopic (exact) mass is 376 g/mol. The van der Waals surface area contributed by atoms with Crippen molar-refractivity contribution in [2.45, 2.75) is 20.8 Å². The summed E-state index contributed by atoms with van der Waals surface area (Å²) in [4.78, 5) is 23.6. The van der Waals surface area contributed by atoms with Gasteiger partial charge in [0.05, 0.1) is 10.0 Å². The predicted molar refractivity (Wildman–Crippen MR) is 94.0 cm³/mol. The Bertz CT molecular complexity index is 788. The Kier molecular flexibility index (Phi) is 5.05. The highest BCUT2D eigenvalue weighted by atomic mass is 79.9. The predicted octanol–water partition coefficient (Wildman–Crippen LogP) is 3.98. The van der Waals surface area contributed by atoms with Gasteiger partial charge in [-0.3, -0.25) is 9.59 Å². The first-order valence-corrected chi connectivity index (χ1v) is 7.76. The lowest BCUT2D eigenvalue weighted by molar-refractivity contribution is -0.114. The molecular formula is C17H17BrN2O3. The summed E-state index contributed by atoms with van der Waals surface area (Å²) in [5.74, 6) is -0.712. The number of aromatic hydroxyl groups is 1. The first kappa shape index (κ1) is 17.0. The molecule has 0 aliphatic rings. The molecule has 2 rings (SSSR count). The van der Waals surface area contributed by atoms with Gasteiger partial charge in [-0.2, -0.15) is 0 Å². The molecule has 0 aromatic heterocycles. The quantitative estimate of drug-likeness (QED) is 0.757. The highest BCUT2D eigenvalue weighted by Crippen LogP contribution is 2.31. The van der Waals surface area contributed by atoms with Crippen LogP contribution < -0.4 is 10.6 Å². The lowest BCUT2D eigenvalue weighted by Gasteiger charge is -2.14. The molecule has 0 radical (unpaired) electrons. The SMILES string of the molecule is CC(=O)Nc1cccc(NC(=O)c2cc(C)cc(Br)c2O)c1C. The maximum Gasteiger partial charge on any atom is 0.259 e. The molecule has 5 nitrogen and oxygen atoms in total. The summed E-state index contributed by atoms with van der Waals surface area (Å²) in [6.45, 7) is 5.06. The number of amides is 2. The van der Waals surface area contributed by atoms with Gasteiger partial charge in [0.25, 0.3) is 5.91 Å². The van der Waals surface area contributed by atoms with Gasteiger partial charge in [0.15, 0.2) is 0 Å². The van der Waals surface area contributed by atoms with Crippen LogP contribution in [0.3, 0.4) is 0 Å². The third-order valence-corrected chi connectivity index (χ3v) is 3.95. The number of hydrogen-bond acceptors (Lipinski definition) is 3. The van der Waals surface area contributed by atoms with Crippen LogP contribution in [0.1, 0.15) is 28.4 Å². The van der Waals surface area contributed by atoms with Crippen LogP contribution in [-0.4, -0.2) is 16.9 Å². The summed E-state index contributed by atoms with van der Waals surface area (Å²) >= 11 is 3.23. The van der Waals surface area contributed by atoms with E-state index in [-0.39, 0.29) is 17.2 Å². The molecule has 0 spiro atoms. The maximum atomic E-state index is 12.4. The molecule has 0 saturated heterocycles. The lowest BCUT2D eigenvalue weighted by Crippen LogP contribution is -2.14. The number of hydrogen-bond donors (Lipinski definition) is 3. The molecule has 23 heavy (non-hydrogen) atoms. The Labute approximate surface area is 142 Å². The maximum absolute atomic E-state index is 12.4. The topological polar surface area (TPSA) is 78.4 Å². The third kappa shape index (κ3) is 3.90. The number of carbonyl (C=O) groups excluding carboxylic acids is 2. The first-order valence-electron chi connectivity index (χ1n) is 6.97. The summed E-state index contributed by atoms with van der Waals surface area (Å²) < 4.78 is 0.464. The molecule has 6 heteroatoms. The summed E-state index contributed by atoms with van der Waals surface area (Å²) in [6.07, 6.45) is 0. The molecule has 120 valence electrons. The molecule has 2 aromatic carbocycles. The minimum atomic E-state index is -0.421. The van der Waals surface area contributed by atoms with Crippen LogP contribution in [-0.2, 0) is 4.79 Å². The van der Waals surface area contributed by atoms with Crippen LogP contribution in [0.15, 0.2) is 34.8 Å². The number of rotatable bonds is 3. The zero-order valence-corrected chi connectivity index (χ0v) is 14.6. The fourth-order valence-electron chi connectivity index (χ4n) is 2.19. The molecule has 0 unspecified atom stereocenters. The summed E-state index contributed by atoms with van der Waals surface area (Å²) in [5.41, 5.74) is 2.97. The number of anilines is 2. The molecule has 0 saturated carbocycles. The van der Waals surface area contributed by atoms with E-state index in [9.17, 15) is 14.7 Å². The highest BCUT2D eigenvalue weighted by molar-refractivity contribution is 9.10. The van der Waals surface area contributed by atoms with Crippen molar-refractivity contribution in [1.82, 2.24) is 0 Å². The van der Waals surface area contributed by atoms with Gasteiger partial charge in [-0.05, 0) is 65.2 Å². The second kappa shape index (κ2) is 6.83. The number of carbonyl (C=O) groups is 2. The first-order chi connectivity index (χ1) is 10.8. The van der Waals surface area contributed by atoms with E-state index in [1.165, 1.54) is 6.92 Å². The number of phenolic OH excluding ortho intramolecular Hbond substituents is 1. The van der Waals surface area contributed by atoms with Gasteiger partial charge in [-0.1, -0.05) is 6.07 Å². The van der Waals surface area contributed by atoms with Gasteiger partial charge in [0.1, 0.15) is 5.75 Å². The van der Waals surface area contributed by atoms with E-state index in [2.05, 4.69) is 26.6 Å². The molecule has 2 aromatic rings. The summed E-state index contributed by atoms with van der Waals surface area (Å²) in [7, 11) is 0. The van der Waals surface area contributed by atoms with Crippen molar-refractivity contribution in [3.63, 3.8) is 0 Å². The summed E-state index contributed by atoms with van der Waals surface area (Å²) in [6, 6.07) is 8.57. The van der Waals surface area contributed by atoms with Crippen LogP contribution in [0, 0.1) is 13.8 Å². The molecule has 0 fully saturated rings. The van der Waals surface area contributed by atoms with Crippen LogP contribution >= 0.6 is 15.9 Å². The Morgan fingerprint density at radius 2 is 1.70 bits per heavy atom. The van der Waals surface area contributed by atoms with E-state index in [0.717, 1.165) is 11.1 Å². The van der Waals surface area contributed by atoms with Crippen LogP contribution in [0.2, 0.25) is 0 Å². The Balaban J connectivity index is 2.33. The number of nitrogens with one attached hydrogen (secondary N) is 2. The van der Waals surface area contributed by atoms with E-state index in [1.807, 2.05) is 6.92 Å². The number of phenols is 1. The minimum absolute atomic E-state index is 0.108. The largest absolute Gasteiger partial charge is 0.506 e. The van der Waals surface area contributed by atoms with Crippen LogP contribution in [0.4, 0.5) is 11.4 Å². The van der Waals surface area contributed by atoms with Crippen molar-refractivity contribution in [2.75, 3.05) is 10.6 Å². The fraction of sp³-hybridized carbons (Fsp3) is 0.176. The van der Waals surface area contributed by atoms with Gasteiger partial charge >= 0.3 is 0 Å². The molecule has 0 heterocycles. The van der Waals surface area contributed by atoms with E-state index in [4.69, 9.17) is 0 Å². The van der Waals surface area contributed by atoms with Crippen LogP contribution in [0.25, 0.3) is 0 Å². The Morgan fingerprint density at radius 1 is 1.09 bits per heavy atom. The fourth-order valence-corrected chi connectivity index (χ4v) is 2.77. The minimum Gasteiger partial charge on any atom is -0.506 e. The smallest absolute Gasteiger partial charge is 0.259 e. The van der Waals surface area contributed by atoms with Crippen molar-refractivity contribution in [1.29, 1.82) is 0 Å². The number of halogens is 1. The number of aryl methyl sites for hydroxylation is 1. The standard InChI is InChI=1S/C17H17BrN2O3/c1-9-7-12(16(22)13(18)8-9)17(23)20-15-6-4-5-14(10(15)2)19-11(3)21/h4-8,22H,1-3H3,(H,19,21)(H,20,23). The van der Waals surface area contributed by atoms with Gasteiger partial charge in [0, 0.05) is 18.3 Å². The highest BCUT2D eigenvalue weighted by Gasteiger charge is 2.16. The number of benzene rings is 2. The van der Waals surface area contributed by atoms with Gasteiger partial charge < -0.3 is 15.7 Å². The second-order valence-corrected chi connectivity index (χ2v) is 6.11. The van der Waals surface area contributed by atoms with E-state index in [0.29, 0.717) is 15.8 Å². The van der Waals surface area contributed by atoms with Crippen molar-refractivity contribution < 1.29 is 14.7 Å². The van der Waals surface area contributed by atoms with E-state index >= 15 is 0 Å². The van der Waals surface area contributed by atoms with Crippen LogP contribution in [0.5, 0.6) is 5.75 Å². The summed E-state index contributed by atoms with van der Waals surface area (Å²) in [5, 5.41) is 15.5. The van der Waals surface area contributed by atoms with Gasteiger partial charge in [-0.25, -0.2) is 0 Å². The Hall–Kier alpha value is -2.34. The lowest BCUT2D eigenvalue weighted by atomic mass is 10.1. The zero-order valence-electron chi connectivity index (χ0n) is 13.0. The van der Waals surface area contributed by atoms with Crippen molar-refractivity contribution >= 4 is 39.1 Å². The molecule has 3 N–H and O–H groups in total. The molecular weight excluding hydrogens is 360 g/mol. The van der Waals surface area contributed by atoms with Crippen molar-refractivity contribution in [3.05, 3.63) is 51.5 Å². The second-order valence-electron chi connectivity index (χ2n) is 5.26. The van der Waals surface area contributed by atoms with Gasteiger partial charge in [-0.15, -0.1) is 0 Å². The average molecular weight is 377 g/mol. The average Bonchev–Trinajstić information content (AvgIpc) is 2.46. The van der Waals surface area contributed by atoms with Gasteiger partial charge in [0.2, 0.25) is 5.91 Å².